The molecule has 1 aromatic carbocycles. The molecule has 3 rings (SSSR count). The first-order chi connectivity index (χ1) is 10.7. The Morgan fingerprint density at radius 1 is 1.09 bits per heavy atom. The largest absolute Gasteiger partial charge is 0.368 e. The number of carbonyl (C=O) groups excluding carboxylic acids is 1. The molecule has 22 heavy (non-hydrogen) atoms. The number of hydrogen-bond donors (Lipinski definition) is 0. The van der Waals surface area contributed by atoms with Crippen molar-refractivity contribution in [3.05, 3.63) is 52.2 Å². The molecule has 0 spiro atoms. The zero-order chi connectivity index (χ0) is 15.4. The molecule has 1 aliphatic rings. The van der Waals surface area contributed by atoms with E-state index in [9.17, 15) is 4.79 Å². The van der Waals surface area contributed by atoms with Crippen LogP contribution in [-0.4, -0.2) is 37.0 Å². The van der Waals surface area contributed by atoms with Crippen molar-refractivity contribution >= 4 is 22.9 Å². The Labute approximate surface area is 136 Å². The molecule has 4 heteroatoms. The summed E-state index contributed by atoms with van der Waals surface area (Å²) in [5, 5.41) is 2.07. The van der Waals surface area contributed by atoms with Crippen LogP contribution in [0.15, 0.2) is 41.8 Å². The lowest BCUT2D eigenvalue weighted by Gasteiger charge is -2.36. The van der Waals surface area contributed by atoms with Gasteiger partial charge in [0.2, 0.25) is 5.91 Å². The summed E-state index contributed by atoms with van der Waals surface area (Å²) in [5.41, 5.74) is 2.60. The Morgan fingerprint density at radius 3 is 2.55 bits per heavy atom. The maximum atomic E-state index is 12.3. The van der Waals surface area contributed by atoms with Gasteiger partial charge < -0.3 is 9.80 Å². The van der Waals surface area contributed by atoms with E-state index in [0.717, 1.165) is 32.6 Å². The number of piperazine rings is 1. The lowest BCUT2D eigenvalue weighted by Crippen LogP contribution is -2.49. The number of amides is 1. The second kappa shape index (κ2) is 6.97. The van der Waals surface area contributed by atoms with Gasteiger partial charge >= 0.3 is 0 Å². The van der Waals surface area contributed by atoms with E-state index >= 15 is 0 Å². The summed E-state index contributed by atoms with van der Waals surface area (Å²) in [4.78, 5) is 18.0. The minimum atomic E-state index is 0.290. The van der Waals surface area contributed by atoms with Gasteiger partial charge in [-0.2, -0.15) is 0 Å². The van der Waals surface area contributed by atoms with Crippen molar-refractivity contribution in [1.82, 2.24) is 4.90 Å². The third-order valence-electron chi connectivity index (χ3n) is 4.25. The second-order valence-electron chi connectivity index (χ2n) is 5.73. The molecule has 0 atom stereocenters. The highest BCUT2D eigenvalue weighted by Crippen LogP contribution is 2.21. The zero-order valence-electron chi connectivity index (χ0n) is 13.0. The molecular weight excluding hydrogens is 292 g/mol. The normalized spacial score (nSPS) is 15.1. The van der Waals surface area contributed by atoms with Crippen LogP contribution in [0.3, 0.4) is 0 Å². The van der Waals surface area contributed by atoms with Crippen molar-refractivity contribution in [2.24, 2.45) is 0 Å². The number of para-hydroxylation sites is 1. The van der Waals surface area contributed by atoms with E-state index in [2.05, 4.69) is 47.5 Å². The summed E-state index contributed by atoms with van der Waals surface area (Å²) in [6.07, 6.45) is 1.50. The molecule has 1 aromatic heterocycles. The fourth-order valence-corrected chi connectivity index (χ4v) is 3.67. The highest BCUT2D eigenvalue weighted by molar-refractivity contribution is 7.09. The van der Waals surface area contributed by atoms with Gasteiger partial charge in [0.25, 0.3) is 0 Å². The number of anilines is 1. The standard InChI is InChI=1S/C18H22N2OS/c1-15-5-2-3-7-17(15)19-10-12-20(13-11-19)18(21)9-8-16-6-4-14-22-16/h2-7,14H,8-13H2,1H3. The van der Waals surface area contributed by atoms with Crippen molar-refractivity contribution in [3.63, 3.8) is 0 Å². The van der Waals surface area contributed by atoms with Crippen LogP contribution in [-0.2, 0) is 11.2 Å². The smallest absolute Gasteiger partial charge is 0.223 e. The van der Waals surface area contributed by atoms with Crippen molar-refractivity contribution in [2.45, 2.75) is 19.8 Å². The molecular formula is C18H22N2OS. The monoisotopic (exact) mass is 314 g/mol. The van der Waals surface area contributed by atoms with E-state index in [1.165, 1.54) is 16.1 Å². The van der Waals surface area contributed by atoms with Gasteiger partial charge in [-0.1, -0.05) is 24.3 Å². The number of hydrogen-bond acceptors (Lipinski definition) is 3. The molecule has 1 saturated heterocycles. The quantitative estimate of drug-likeness (QED) is 0.864. The van der Waals surface area contributed by atoms with Crippen molar-refractivity contribution in [1.29, 1.82) is 0 Å². The van der Waals surface area contributed by atoms with Gasteiger partial charge in [-0.15, -0.1) is 11.3 Å². The topological polar surface area (TPSA) is 23.6 Å². The minimum absolute atomic E-state index is 0.290. The fourth-order valence-electron chi connectivity index (χ4n) is 2.96. The van der Waals surface area contributed by atoms with E-state index in [4.69, 9.17) is 0 Å². The molecule has 3 nitrogen and oxygen atoms in total. The SMILES string of the molecule is Cc1ccccc1N1CCN(C(=O)CCc2cccs2)CC1. The fraction of sp³-hybridized carbons (Fsp3) is 0.389. The molecule has 116 valence electrons. The summed E-state index contributed by atoms with van der Waals surface area (Å²) in [7, 11) is 0. The number of rotatable bonds is 4. The first-order valence-electron chi connectivity index (χ1n) is 7.85. The molecule has 0 saturated carbocycles. The number of aryl methyl sites for hydroxylation is 2. The minimum Gasteiger partial charge on any atom is -0.368 e. The van der Waals surface area contributed by atoms with Crippen molar-refractivity contribution in [2.75, 3.05) is 31.1 Å². The van der Waals surface area contributed by atoms with Gasteiger partial charge in [0, 0.05) is 43.2 Å². The molecule has 2 heterocycles. The Morgan fingerprint density at radius 2 is 1.86 bits per heavy atom. The van der Waals surface area contributed by atoms with E-state index in [1.807, 2.05) is 11.0 Å². The average molecular weight is 314 g/mol. The van der Waals surface area contributed by atoms with E-state index < -0.39 is 0 Å². The molecule has 1 aliphatic heterocycles. The van der Waals surface area contributed by atoms with Crippen molar-refractivity contribution in [3.8, 4) is 0 Å². The molecule has 0 unspecified atom stereocenters. The van der Waals surface area contributed by atoms with Gasteiger partial charge in [0.05, 0.1) is 0 Å². The number of thiophene rings is 1. The Kier molecular flexibility index (Phi) is 4.78. The molecule has 0 radical (unpaired) electrons. The predicted molar refractivity (Wildman–Crippen MR) is 92.6 cm³/mol. The van der Waals surface area contributed by atoms with Crippen LogP contribution in [0.5, 0.6) is 0 Å². The van der Waals surface area contributed by atoms with Gasteiger partial charge in [0.15, 0.2) is 0 Å². The van der Waals surface area contributed by atoms with E-state index in [0.29, 0.717) is 6.42 Å². The van der Waals surface area contributed by atoms with Gasteiger partial charge in [0.1, 0.15) is 0 Å². The van der Waals surface area contributed by atoms with Crippen LogP contribution in [0.4, 0.5) is 5.69 Å². The number of benzene rings is 1. The highest BCUT2D eigenvalue weighted by atomic mass is 32.1. The summed E-state index contributed by atoms with van der Waals surface area (Å²) in [6.45, 7) is 5.66. The van der Waals surface area contributed by atoms with Crippen LogP contribution in [0.1, 0.15) is 16.9 Å². The van der Waals surface area contributed by atoms with Gasteiger partial charge in [-0.05, 0) is 36.4 Å². The molecule has 1 fully saturated rings. The summed E-state index contributed by atoms with van der Waals surface area (Å²) >= 11 is 1.73. The summed E-state index contributed by atoms with van der Waals surface area (Å²) in [6, 6.07) is 12.6. The molecule has 0 aliphatic carbocycles. The van der Waals surface area contributed by atoms with Crippen molar-refractivity contribution < 1.29 is 4.79 Å². The van der Waals surface area contributed by atoms with E-state index in [-0.39, 0.29) is 5.91 Å². The second-order valence-corrected chi connectivity index (χ2v) is 6.77. The van der Waals surface area contributed by atoms with Crippen LogP contribution >= 0.6 is 11.3 Å². The first-order valence-corrected chi connectivity index (χ1v) is 8.73. The predicted octanol–water partition coefficient (Wildman–Crippen LogP) is 3.34. The highest BCUT2D eigenvalue weighted by Gasteiger charge is 2.21. The number of nitrogens with zero attached hydrogens (tertiary/aromatic N) is 2. The lowest BCUT2D eigenvalue weighted by molar-refractivity contribution is -0.131. The average Bonchev–Trinajstić information content (AvgIpc) is 3.07. The molecule has 1 amide bonds. The third kappa shape index (κ3) is 3.50. The van der Waals surface area contributed by atoms with Gasteiger partial charge in [-0.3, -0.25) is 4.79 Å². The summed E-state index contributed by atoms with van der Waals surface area (Å²) in [5.74, 6) is 0.290. The third-order valence-corrected chi connectivity index (χ3v) is 5.19. The maximum Gasteiger partial charge on any atom is 0.223 e. The van der Waals surface area contributed by atoms with Crippen LogP contribution in [0.25, 0.3) is 0 Å². The maximum absolute atomic E-state index is 12.3. The van der Waals surface area contributed by atoms with Crippen LogP contribution in [0.2, 0.25) is 0 Å². The molecule has 0 bridgehead atoms. The van der Waals surface area contributed by atoms with Crippen LogP contribution < -0.4 is 4.90 Å². The molecule has 2 aromatic rings. The van der Waals surface area contributed by atoms with E-state index in [1.54, 1.807) is 11.3 Å². The molecule has 0 N–H and O–H groups in total. The van der Waals surface area contributed by atoms with Gasteiger partial charge in [-0.25, -0.2) is 0 Å². The Hall–Kier alpha value is -1.81. The number of carbonyl (C=O) groups is 1. The Bertz CT molecular complexity index is 616. The lowest BCUT2D eigenvalue weighted by atomic mass is 10.1. The first kappa shape index (κ1) is 15.1. The Balaban J connectivity index is 1.51. The zero-order valence-corrected chi connectivity index (χ0v) is 13.8. The van der Waals surface area contributed by atoms with Crippen LogP contribution in [0, 0.1) is 6.92 Å². The summed E-state index contributed by atoms with van der Waals surface area (Å²) < 4.78 is 0.